The molecule has 0 saturated heterocycles. The van der Waals surface area contributed by atoms with E-state index in [-0.39, 0.29) is 4.75 Å². The lowest BCUT2D eigenvalue weighted by molar-refractivity contribution is 0.755. The quantitative estimate of drug-likeness (QED) is 0.719. The minimum Gasteiger partial charge on any atom is -0.340 e. The van der Waals surface area contributed by atoms with Gasteiger partial charge in [-0.1, -0.05) is 0 Å². The van der Waals surface area contributed by atoms with Gasteiger partial charge in [0.25, 0.3) is 0 Å². The van der Waals surface area contributed by atoms with Crippen LogP contribution in [-0.4, -0.2) is 15.0 Å². The predicted molar refractivity (Wildman–Crippen MR) is 89.1 cm³/mol. The van der Waals surface area contributed by atoms with Crippen LogP contribution in [0.25, 0.3) is 11.0 Å². The number of rotatable bonds is 3. The third kappa shape index (κ3) is 3.13. The summed E-state index contributed by atoms with van der Waals surface area (Å²) < 4.78 is -0.279. The molecule has 0 unspecified atom stereocenters. The van der Waals surface area contributed by atoms with Gasteiger partial charge in [-0.25, -0.2) is 4.98 Å². The number of fused-ring (bicyclic) bond motifs is 1. The van der Waals surface area contributed by atoms with Crippen molar-refractivity contribution in [1.29, 1.82) is 0 Å². The molecule has 0 amide bonds. The van der Waals surface area contributed by atoms with Gasteiger partial charge < -0.3 is 5.32 Å². The Hall–Kier alpha value is -2.14. The second-order valence-electron chi connectivity index (χ2n) is 5.35. The van der Waals surface area contributed by atoms with Gasteiger partial charge in [0.15, 0.2) is 0 Å². The van der Waals surface area contributed by atoms with Crippen molar-refractivity contribution in [3.63, 3.8) is 0 Å². The fourth-order valence-electron chi connectivity index (χ4n) is 2.02. The topological polar surface area (TPSA) is 50.7 Å². The van der Waals surface area contributed by atoms with Gasteiger partial charge in [-0.05, 0) is 50.2 Å². The highest BCUT2D eigenvalue weighted by atomic mass is 32.1. The number of nitrogens with one attached hydrogen (secondary N) is 1. The Morgan fingerprint density at radius 3 is 2.67 bits per heavy atom. The Labute approximate surface area is 129 Å². The molecule has 3 heterocycles. The van der Waals surface area contributed by atoms with E-state index in [1.165, 1.54) is 0 Å². The fraction of sp³-hybridized carbons (Fsp3) is 0.188. The van der Waals surface area contributed by atoms with E-state index < -0.39 is 0 Å². The molecule has 0 aromatic carbocycles. The number of nitrogens with zero attached hydrogens (tertiary/aromatic N) is 3. The monoisotopic (exact) mass is 296 g/mol. The molecule has 0 saturated carbocycles. The van der Waals surface area contributed by atoms with Gasteiger partial charge in [-0.15, -0.1) is 0 Å². The number of hydrogen-bond acceptors (Lipinski definition) is 5. The molecule has 4 nitrogen and oxygen atoms in total. The summed E-state index contributed by atoms with van der Waals surface area (Å²) >= 11 is 4.55. The standard InChI is InChI=1S/C16H16N4S/c1-16(2,21)14-10-11(7-9-18-14)19-15-6-5-12-13(20-15)4-3-8-17-12/h3-10,21H,1-2H3,(H,18,19,20). The zero-order valence-corrected chi connectivity index (χ0v) is 12.8. The van der Waals surface area contributed by atoms with Crippen LogP contribution in [0.5, 0.6) is 0 Å². The number of anilines is 2. The molecule has 0 aliphatic carbocycles. The van der Waals surface area contributed by atoms with Crippen LogP contribution in [0.2, 0.25) is 0 Å². The molecule has 0 spiro atoms. The summed E-state index contributed by atoms with van der Waals surface area (Å²) in [7, 11) is 0. The van der Waals surface area contributed by atoms with Crippen LogP contribution in [0.1, 0.15) is 19.5 Å². The van der Waals surface area contributed by atoms with Crippen LogP contribution in [-0.2, 0) is 4.75 Å². The zero-order valence-electron chi connectivity index (χ0n) is 11.9. The van der Waals surface area contributed by atoms with Crippen molar-refractivity contribution < 1.29 is 0 Å². The molecular formula is C16H16N4S. The maximum absolute atomic E-state index is 4.55. The Kier molecular flexibility index (Phi) is 3.51. The van der Waals surface area contributed by atoms with Gasteiger partial charge in [0.2, 0.25) is 0 Å². The SMILES string of the molecule is CC(C)(S)c1cc(Nc2ccc3ncccc3n2)ccn1. The van der Waals surface area contributed by atoms with E-state index in [4.69, 9.17) is 0 Å². The second-order valence-corrected chi connectivity index (χ2v) is 6.47. The molecule has 3 aromatic heterocycles. The van der Waals surface area contributed by atoms with Gasteiger partial charge in [0.05, 0.1) is 16.7 Å². The fourth-order valence-corrected chi connectivity index (χ4v) is 2.14. The van der Waals surface area contributed by atoms with Crippen molar-refractivity contribution in [3.8, 4) is 0 Å². The molecule has 21 heavy (non-hydrogen) atoms. The summed E-state index contributed by atoms with van der Waals surface area (Å²) in [5.41, 5.74) is 3.61. The highest BCUT2D eigenvalue weighted by Gasteiger charge is 2.16. The van der Waals surface area contributed by atoms with Crippen molar-refractivity contribution in [1.82, 2.24) is 15.0 Å². The van der Waals surface area contributed by atoms with Gasteiger partial charge in [-0.3, -0.25) is 9.97 Å². The molecule has 106 valence electrons. The first kappa shape index (κ1) is 13.8. The molecule has 0 aliphatic rings. The van der Waals surface area contributed by atoms with Crippen LogP contribution in [0.4, 0.5) is 11.5 Å². The van der Waals surface area contributed by atoms with Crippen molar-refractivity contribution in [2.45, 2.75) is 18.6 Å². The first-order chi connectivity index (χ1) is 10.0. The lowest BCUT2D eigenvalue weighted by Crippen LogP contribution is -2.10. The normalized spacial score (nSPS) is 11.6. The van der Waals surface area contributed by atoms with Gasteiger partial charge in [0, 0.05) is 22.8 Å². The lowest BCUT2D eigenvalue weighted by atomic mass is 10.1. The number of thiol groups is 1. The van der Waals surface area contributed by atoms with Crippen molar-refractivity contribution >= 4 is 35.2 Å². The summed E-state index contributed by atoms with van der Waals surface area (Å²) in [4.78, 5) is 13.2. The highest BCUT2D eigenvalue weighted by molar-refractivity contribution is 7.81. The minimum atomic E-state index is -0.279. The number of hydrogen-bond donors (Lipinski definition) is 2. The molecule has 0 radical (unpaired) electrons. The van der Waals surface area contributed by atoms with E-state index in [1.807, 2.05) is 50.2 Å². The van der Waals surface area contributed by atoms with Gasteiger partial charge in [-0.2, -0.15) is 12.6 Å². The molecule has 3 aromatic rings. The summed E-state index contributed by atoms with van der Waals surface area (Å²) in [6.45, 7) is 4.03. The average Bonchev–Trinajstić information content (AvgIpc) is 2.46. The third-order valence-corrected chi connectivity index (χ3v) is 3.34. The van der Waals surface area contributed by atoms with Crippen molar-refractivity contribution in [3.05, 3.63) is 54.5 Å². The zero-order chi connectivity index (χ0) is 14.9. The van der Waals surface area contributed by atoms with E-state index in [2.05, 4.69) is 32.9 Å². The molecule has 0 bridgehead atoms. The van der Waals surface area contributed by atoms with E-state index in [0.29, 0.717) is 0 Å². The molecule has 0 fully saturated rings. The van der Waals surface area contributed by atoms with Crippen LogP contribution >= 0.6 is 12.6 Å². The first-order valence-corrected chi connectivity index (χ1v) is 7.15. The maximum Gasteiger partial charge on any atom is 0.131 e. The summed E-state index contributed by atoms with van der Waals surface area (Å²) in [5, 5.41) is 3.30. The summed E-state index contributed by atoms with van der Waals surface area (Å²) in [6.07, 6.45) is 3.54. The molecule has 3 rings (SSSR count). The van der Waals surface area contributed by atoms with E-state index in [9.17, 15) is 0 Å². The van der Waals surface area contributed by atoms with E-state index in [0.717, 1.165) is 28.2 Å². The molecule has 0 aliphatic heterocycles. The van der Waals surface area contributed by atoms with Crippen molar-refractivity contribution in [2.75, 3.05) is 5.32 Å². The summed E-state index contributed by atoms with van der Waals surface area (Å²) in [6, 6.07) is 11.6. The number of aromatic nitrogens is 3. The van der Waals surface area contributed by atoms with Gasteiger partial charge in [0.1, 0.15) is 5.82 Å². The molecule has 0 atom stereocenters. The van der Waals surface area contributed by atoms with Crippen LogP contribution in [0.3, 0.4) is 0 Å². The van der Waals surface area contributed by atoms with Crippen LogP contribution in [0, 0.1) is 0 Å². The largest absolute Gasteiger partial charge is 0.340 e. The average molecular weight is 296 g/mol. The Morgan fingerprint density at radius 2 is 1.86 bits per heavy atom. The Morgan fingerprint density at radius 1 is 1.00 bits per heavy atom. The lowest BCUT2D eigenvalue weighted by Gasteiger charge is -2.17. The smallest absolute Gasteiger partial charge is 0.131 e. The number of pyridine rings is 3. The van der Waals surface area contributed by atoms with Crippen molar-refractivity contribution in [2.24, 2.45) is 0 Å². The Bertz CT molecular complexity index is 780. The van der Waals surface area contributed by atoms with E-state index in [1.54, 1.807) is 12.4 Å². The first-order valence-electron chi connectivity index (χ1n) is 6.70. The predicted octanol–water partition coefficient (Wildman–Crippen LogP) is 3.93. The maximum atomic E-state index is 4.55. The molecule has 5 heteroatoms. The Balaban J connectivity index is 1.91. The molecule has 1 N–H and O–H groups in total. The third-order valence-electron chi connectivity index (χ3n) is 3.12. The van der Waals surface area contributed by atoms with E-state index >= 15 is 0 Å². The van der Waals surface area contributed by atoms with Crippen LogP contribution in [0.15, 0.2) is 48.8 Å². The van der Waals surface area contributed by atoms with Crippen LogP contribution < -0.4 is 5.32 Å². The molecular weight excluding hydrogens is 280 g/mol. The minimum absolute atomic E-state index is 0.279. The second kappa shape index (κ2) is 5.33. The summed E-state index contributed by atoms with van der Waals surface area (Å²) in [5.74, 6) is 0.782. The van der Waals surface area contributed by atoms with Gasteiger partial charge >= 0.3 is 0 Å². The highest BCUT2D eigenvalue weighted by Crippen LogP contribution is 2.27.